The molecule has 13 heteroatoms. The monoisotopic (exact) mass is 523 g/mol. The van der Waals surface area contributed by atoms with Gasteiger partial charge in [0.15, 0.2) is 0 Å². The summed E-state index contributed by atoms with van der Waals surface area (Å²) in [4.78, 5) is 16.8. The minimum Gasteiger partial charge on any atom is -0.491 e. The van der Waals surface area contributed by atoms with Crippen LogP contribution in [0, 0.1) is 17.5 Å². The van der Waals surface area contributed by atoms with E-state index in [1.54, 1.807) is 7.05 Å². The van der Waals surface area contributed by atoms with E-state index in [0.29, 0.717) is 18.5 Å². The number of hydrogen-bond acceptors (Lipinski definition) is 7. The van der Waals surface area contributed by atoms with Gasteiger partial charge in [0.25, 0.3) is 5.91 Å². The molecular formula is C24H25F4N5O4. The fourth-order valence-corrected chi connectivity index (χ4v) is 4.03. The Balaban J connectivity index is 1.60. The highest BCUT2D eigenvalue weighted by Gasteiger charge is 2.30. The number of carbonyl (C=O) groups is 1. The molecule has 0 spiro atoms. The van der Waals surface area contributed by atoms with Crippen molar-refractivity contribution in [2.45, 2.75) is 31.2 Å². The molecule has 198 valence electrons. The molecule has 3 aromatic rings. The van der Waals surface area contributed by atoms with Crippen molar-refractivity contribution in [1.29, 1.82) is 0 Å². The first-order valence-electron chi connectivity index (χ1n) is 11.4. The molecule has 9 nitrogen and oxygen atoms in total. The molecule has 1 amide bonds. The standard InChI is InChI=1S/C24H25F4N5O4/c1-33-23(20-5-3-17(29)16(28)11-37-20)19(10-30-33)32-24(35)18-4-2-13(25)22(31-18)21-14(26)8-12(9-15(21)27)36-7-6-34/h2,4,8-10,16-17,20,34H,3,5-7,11,29H2,1H3,(H,32,35)/t16-,17+,20+/m0/s1. The minimum absolute atomic E-state index is 0.191. The largest absolute Gasteiger partial charge is 0.491 e. The quantitative estimate of drug-likeness (QED) is 0.407. The fraction of sp³-hybridized carbons (Fsp3) is 0.375. The Bertz CT molecular complexity index is 1250. The highest BCUT2D eigenvalue weighted by molar-refractivity contribution is 6.03. The summed E-state index contributed by atoms with van der Waals surface area (Å²) in [5.41, 5.74) is 4.70. The number of pyridine rings is 1. The Hall–Kier alpha value is -3.55. The van der Waals surface area contributed by atoms with Crippen LogP contribution in [0.25, 0.3) is 11.3 Å². The number of rotatable bonds is 7. The molecule has 0 radical (unpaired) electrons. The summed E-state index contributed by atoms with van der Waals surface area (Å²) in [5.74, 6) is -4.38. The van der Waals surface area contributed by atoms with Crippen LogP contribution in [0.15, 0.2) is 30.5 Å². The van der Waals surface area contributed by atoms with Crippen LogP contribution in [0.2, 0.25) is 0 Å². The lowest BCUT2D eigenvalue weighted by molar-refractivity contribution is 0.0247. The van der Waals surface area contributed by atoms with Gasteiger partial charge in [-0.05, 0) is 25.0 Å². The third-order valence-electron chi connectivity index (χ3n) is 5.91. The molecule has 1 aliphatic rings. The highest BCUT2D eigenvalue weighted by Crippen LogP contribution is 2.33. The Morgan fingerprint density at radius 1 is 1.24 bits per heavy atom. The van der Waals surface area contributed by atoms with Gasteiger partial charge in [-0.25, -0.2) is 22.5 Å². The van der Waals surface area contributed by atoms with Gasteiger partial charge in [-0.2, -0.15) is 5.10 Å². The Morgan fingerprint density at radius 2 is 1.97 bits per heavy atom. The predicted molar refractivity (Wildman–Crippen MR) is 124 cm³/mol. The number of nitrogens with zero attached hydrogens (tertiary/aromatic N) is 3. The SMILES string of the molecule is Cn1ncc(NC(=O)c2ccc(F)c(-c3c(F)cc(OCCO)cc3F)n2)c1[C@H]1CC[C@@H](N)[C@@H](F)CO1. The highest BCUT2D eigenvalue weighted by atomic mass is 19.1. The van der Waals surface area contributed by atoms with E-state index in [-0.39, 0.29) is 37.0 Å². The molecule has 37 heavy (non-hydrogen) atoms. The van der Waals surface area contributed by atoms with Gasteiger partial charge in [0.05, 0.1) is 36.4 Å². The van der Waals surface area contributed by atoms with Crippen LogP contribution >= 0.6 is 0 Å². The summed E-state index contributed by atoms with van der Waals surface area (Å²) < 4.78 is 70.0. The second kappa shape index (κ2) is 11.2. The van der Waals surface area contributed by atoms with Crippen molar-refractivity contribution in [1.82, 2.24) is 14.8 Å². The molecule has 3 heterocycles. The van der Waals surface area contributed by atoms with E-state index in [0.717, 1.165) is 24.3 Å². The number of carbonyl (C=O) groups excluding carboxylic acids is 1. The number of anilines is 1. The smallest absolute Gasteiger partial charge is 0.274 e. The number of aryl methyl sites for hydroxylation is 1. The van der Waals surface area contributed by atoms with Gasteiger partial charge in [0.1, 0.15) is 53.5 Å². The van der Waals surface area contributed by atoms with E-state index in [1.807, 2.05) is 0 Å². The summed E-state index contributed by atoms with van der Waals surface area (Å²) in [6.07, 6.45) is 0.187. The summed E-state index contributed by atoms with van der Waals surface area (Å²) >= 11 is 0. The summed E-state index contributed by atoms with van der Waals surface area (Å²) in [5, 5.41) is 15.5. The van der Waals surface area contributed by atoms with Crippen molar-refractivity contribution in [3.63, 3.8) is 0 Å². The van der Waals surface area contributed by atoms with Crippen molar-refractivity contribution in [3.8, 4) is 17.0 Å². The fourth-order valence-electron chi connectivity index (χ4n) is 4.03. The van der Waals surface area contributed by atoms with E-state index in [2.05, 4.69) is 15.4 Å². The van der Waals surface area contributed by atoms with Crippen molar-refractivity contribution < 1.29 is 36.9 Å². The van der Waals surface area contributed by atoms with E-state index < -0.39 is 52.9 Å². The van der Waals surface area contributed by atoms with E-state index in [4.69, 9.17) is 20.3 Å². The molecular weight excluding hydrogens is 498 g/mol. The summed E-state index contributed by atoms with van der Waals surface area (Å²) in [6, 6.07) is 2.91. The van der Waals surface area contributed by atoms with Crippen molar-refractivity contribution in [2.24, 2.45) is 12.8 Å². The molecule has 3 atom stereocenters. The maximum absolute atomic E-state index is 14.7. The summed E-state index contributed by atoms with van der Waals surface area (Å²) in [6.45, 7) is -0.772. The number of alkyl halides is 1. The van der Waals surface area contributed by atoms with Crippen LogP contribution in [-0.2, 0) is 11.8 Å². The number of aliphatic hydroxyl groups excluding tert-OH is 1. The second-order valence-corrected chi connectivity index (χ2v) is 8.46. The average molecular weight is 523 g/mol. The third kappa shape index (κ3) is 5.73. The first kappa shape index (κ1) is 26.5. The molecule has 0 aliphatic carbocycles. The molecule has 1 aromatic carbocycles. The molecule has 4 rings (SSSR count). The number of nitrogens with one attached hydrogen (secondary N) is 1. The van der Waals surface area contributed by atoms with Gasteiger partial charge < -0.3 is 25.6 Å². The van der Waals surface area contributed by atoms with Gasteiger partial charge in [0.2, 0.25) is 0 Å². The topological polar surface area (TPSA) is 125 Å². The summed E-state index contributed by atoms with van der Waals surface area (Å²) in [7, 11) is 1.62. The molecule has 1 aliphatic heterocycles. The maximum Gasteiger partial charge on any atom is 0.274 e. The molecule has 0 unspecified atom stereocenters. The van der Waals surface area contributed by atoms with Crippen molar-refractivity contribution in [3.05, 3.63) is 59.3 Å². The zero-order chi connectivity index (χ0) is 26.7. The van der Waals surface area contributed by atoms with Gasteiger partial charge in [-0.1, -0.05) is 0 Å². The molecule has 0 saturated carbocycles. The van der Waals surface area contributed by atoms with Crippen molar-refractivity contribution >= 4 is 11.6 Å². The van der Waals surface area contributed by atoms with Gasteiger partial charge >= 0.3 is 0 Å². The number of ether oxygens (including phenoxy) is 2. The lowest BCUT2D eigenvalue weighted by Crippen LogP contribution is -2.32. The normalized spacial score (nSPS) is 19.9. The minimum atomic E-state index is -1.32. The van der Waals surface area contributed by atoms with Crippen LogP contribution in [0.5, 0.6) is 5.75 Å². The first-order chi connectivity index (χ1) is 17.7. The van der Waals surface area contributed by atoms with Gasteiger partial charge in [-0.3, -0.25) is 9.48 Å². The zero-order valence-corrected chi connectivity index (χ0v) is 19.8. The Kier molecular flexibility index (Phi) is 8.05. The van der Waals surface area contributed by atoms with Crippen LogP contribution in [0.3, 0.4) is 0 Å². The van der Waals surface area contributed by atoms with Gasteiger partial charge in [0, 0.05) is 25.2 Å². The second-order valence-electron chi connectivity index (χ2n) is 8.46. The Morgan fingerprint density at radius 3 is 2.68 bits per heavy atom. The van der Waals surface area contributed by atoms with Crippen LogP contribution in [-0.4, -0.2) is 57.8 Å². The third-order valence-corrected chi connectivity index (χ3v) is 5.91. The zero-order valence-electron chi connectivity index (χ0n) is 19.8. The number of hydrogen-bond donors (Lipinski definition) is 3. The number of halogens is 4. The average Bonchev–Trinajstić information content (AvgIpc) is 3.13. The number of benzene rings is 1. The molecule has 1 saturated heterocycles. The molecule has 2 aromatic heterocycles. The molecule has 4 N–H and O–H groups in total. The van der Waals surface area contributed by atoms with E-state index in [1.165, 1.54) is 10.9 Å². The van der Waals surface area contributed by atoms with E-state index in [9.17, 15) is 22.4 Å². The predicted octanol–water partition coefficient (Wildman–Crippen LogP) is 3.04. The van der Waals surface area contributed by atoms with Crippen LogP contribution in [0.4, 0.5) is 23.2 Å². The number of amides is 1. The number of aromatic nitrogens is 3. The maximum atomic E-state index is 14.7. The lowest BCUT2D eigenvalue weighted by atomic mass is 10.0. The number of aliphatic hydroxyl groups is 1. The number of nitrogens with two attached hydrogens (primary N) is 1. The van der Waals surface area contributed by atoms with Crippen LogP contribution < -0.4 is 15.8 Å². The molecule has 0 bridgehead atoms. The van der Waals surface area contributed by atoms with Crippen LogP contribution in [0.1, 0.15) is 35.1 Å². The first-order valence-corrected chi connectivity index (χ1v) is 11.4. The lowest BCUT2D eigenvalue weighted by Gasteiger charge is -2.18. The van der Waals surface area contributed by atoms with Crippen molar-refractivity contribution in [2.75, 3.05) is 25.1 Å². The van der Waals surface area contributed by atoms with E-state index >= 15 is 0 Å². The molecule has 1 fully saturated rings. The van der Waals surface area contributed by atoms with Gasteiger partial charge in [-0.15, -0.1) is 0 Å². The Labute approximate surface area is 209 Å².